The molecule has 2 N–H and O–H groups in total. The molecular weight excluding hydrogens is 232 g/mol. The summed E-state index contributed by atoms with van der Waals surface area (Å²) in [6, 6.07) is 3.20. The molecule has 1 aromatic rings. The highest BCUT2D eigenvalue weighted by molar-refractivity contribution is 5.87. The Morgan fingerprint density at radius 3 is 2.61 bits per heavy atom. The molecule has 2 rings (SSSR count). The molecule has 1 fully saturated rings. The number of pyridine rings is 1. The lowest BCUT2D eigenvalue weighted by atomic mass is 10.0. The summed E-state index contributed by atoms with van der Waals surface area (Å²) in [6.45, 7) is 0.534. The van der Waals surface area contributed by atoms with Gasteiger partial charge in [-0.15, -0.1) is 0 Å². The molecule has 0 unspecified atom stereocenters. The quantitative estimate of drug-likeness (QED) is 0.847. The van der Waals surface area contributed by atoms with Crippen molar-refractivity contribution < 1.29 is 15.0 Å². The number of hydrogen-bond donors (Lipinski definition) is 2. The van der Waals surface area contributed by atoms with Crippen LogP contribution < -0.4 is 4.90 Å². The van der Waals surface area contributed by atoms with Crippen molar-refractivity contribution in [2.45, 2.75) is 31.3 Å². The van der Waals surface area contributed by atoms with Gasteiger partial charge in [0.15, 0.2) is 0 Å². The van der Waals surface area contributed by atoms with Crippen LogP contribution in [0.3, 0.4) is 0 Å². The topological polar surface area (TPSA) is 73.7 Å². The van der Waals surface area contributed by atoms with E-state index in [0.717, 1.165) is 25.7 Å². The monoisotopic (exact) mass is 250 g/mol. The standard InChI is InChI=1S/C13H18N2O3/c1-15(9-13(18)6-2-3-7-13)11-5-4-10(8-14-11)12(16)17/h4-5,8,18H,2-3,6-7,9H2,1H3,(H,16,17). The number of aromatic nitrogens is 1. The minimum absolute atomic E-state index is 0.173. The van der Waals surface area contributed by atoms with Crippen molar-refractivity contribution in [3.8, 4) is 0 Å². The van der Waals surface area contributed by atoms with E-state index in [-0.39, 0.29) is 5.56 Å². The second-order valence-electron chi connectivity index (χ2n) is 5.00. The minimum atomic E-state index is -0.980. The summed E-state index contributed by atoms with van der Waals surface area (Å²) in [5.74, 6) is -0.300. The lowest BCUT2D eigenvalue weighted by Gasteiger charge is -2.29. The summed E-state index contributed by atoms with van der Waals surface area (Å²) in [5, 5.41) is 19.1. The average Bonchev–Trinajstić information content (AvgIpc) is 2.76. The van der Waals surface area contributed by atoms with E-state index >= 15 is 0 Å². The first kappa shape index (κ1) is 12.8. The zero-order valence-corrected chi connectivity index (χ0v) is 10.5. The number of anilines is 1. The van der Waals surface area contributed by atoms with E-state index < -0.39 is 11.6 Å². The van der Waals surface area contributed by atoms with Gasteiger partial charge in [0.25, 0.3) is 0 Å². The molecule has 1 aliphatic rings. The molecule has 0 atom stereocenters. The van der Waals surface area contributed by atoms with E-state index in [1.54, 1.807) is 6.07 Å². The number of carbonyl (C=O) groups is 1. The molecule has 1 aliphatic carbocycles. The van der Waals surface area contributed by atoms with Crippen molar-refractivity contribution in [1.29, 1.82) is 0 Å². The van der Waals surface area contributed by atoms with Crippen LogP contribution in [0.4, 0.5) is 5.82 Å². The number of nitrogens with zero attached hydrogens (tertiary/aromatic N) is 2. The normalized spacial score (nSPS) is 17.7. The zero-order valence-electron chi connectivity index (χ0n) is 10.5. The molecule has 0 radical (unpaired) electrons. The fourth-order valence-electron chi connectivity index (χ4n) is 2.45. The largest absolute Gasteiger partial charge is 0.478 e. The summed E-state index contributed by atoms with van der Waals surface area (Å²) in [7, 11) is 1.86. The summed E-state index contributed by atoms with van der Waals surface area (Å²) in [6.07, 6.45) is 5.12. The molecule has 1 aromatic heterocycles. The van der Waals surface area contributed by atoms with E-state index in [2.05, 4.69) is 4.98 Å². The smallest absolute Gasteiger partial charge is 0.337 e. The average molecular weight is 250 g/mol. The molecule has 1 saturated carbocycles. The van der Waals surface area contributed by atoms with Crippen LogP contribution in [-0.4, -0.2) is 40.4 Å². The van der Waals surface area contributed by atoms with E-state index in [0.29, 0.717) is 12.4 Å². The Balaban J connectivity index is 2.04. The van der Waals surface area contributed by atoms with Gasteiger partial charge in [-0.2, -0.15) is 0 Å². The number of aliphatic hydroxyl groups is 1. The third kappa shape index (κ3) is 2.79. The summed E-state index contributed by atoms with van der Waals surface area (Å²) >= 11 is 0. The van der Waals surface area contributed by atoms with Gasteiger partial charge in [-0.25, -0.2) is 9.78 Å². The molecule has 5 nitrogen and oxygen atoms in total. The summed E-state index contributed by atoms with van der Waals surface area (Å²) in [4.78, 5) is 16.7. The van der Waals surface area contributed by atoms with Crippen LogP contribution in [0.15, 0.2) is 18.3 Å². The first-order valence-electron chi connectivity index (χ1n) is 6.13. The molecule has 0 bridgehead atoms. The van der Waals surface area contributed by atoms with Crippen LogP contribution >= 0.6 is 0 Å². The van der Waals surface area contributed by atoms with Crippen molar-refractivity contribution in [2.75, 3.05) is 18.5 Å². The van der Waals surface area contributed by atoms with Gasteiger partial charge >= 0.3 is 5.97 Å². The Hall–Kier alpha value is -1.62. The maximum absolute atomic E-state index is 10.7. The summed E-state index contributed by atoms with van der Waals surface area (Å²) < 4.78 is 0. The lowest BCUT2D eigenvalue weighted by molar-refractivity contribution is 0.0557. The number of aromatic carboxylic acids is 1. The SMILES string of the molecule is CN(CC1(O)CCCC1)c1ccc(C(=O)O)cn1. The van der Waals surface area contributed by atoms with Crippen molar-refractivity contribution in [3.05, 3.63) is 23.9 Å². The molecule has 98 valence electrons. The maximum Gasteiger partial charge on any atom is 0.337 e. The Bertz CT molecular complexity index is 424. The molecule has 0 saturated heterocycles. The van der Waals surface area contributed by atoms with Crippen LogP contribution in [0.2, 0.25) is 0 Å². The molecule has 5 heteroatoms. The van der Waals surface area contributed by atoms with E-state index in [4.69, 9.17) is 5.11 Å². The lowest BCUT2D eigenvalue weighted by Crippen LogP contribution is -2.39. The molecule has 0 spiro atoms. The maximum atomic E-state index is 10.7. The minimum Gasteiger partial charge on any atom is -0.478 e. The third-order valence-corrected chi connectivity index (χ3v) is 3.45. The number of likely N-dealkylation sites (N-methyl/N-ethyl adjacent to an activating group) is 1. The van der Waals surface area contributed by atoms with Gasteiger partial charge in [0.05, 0.1) is 11.2 Å². The van der Waals surface area contributed by atoms with Crippen LogP contribution in [0.1, 0.15) is 36.0 Å². The van der Waals surface area contributed by atoms with E-state index in [9.17, 15) is 9.90 Å². The fraction of sp³-hybridized carbons (Fsp3) is 0.538. The van der Waals surface area contributed by atoms with Crippen LogP contribution in [-0.2, 0) is 0 Å². The molecule has 0 aliphatic heterocycles. The third-order valence-electron chi connectivity index (χ3n) is 3.45. The Morgan fingerprint density at radius 2 is 2.11 bits per heavy atom. The van der Waals surface area contributed by atoms with Gasteiger partial charge < -0.3 is 15.1 Å². The van der Waals surface area contributed by atoms with Crippen molar-refractivity contribution in [2.24, 2.45) is 0 Å². The van der Waals surface area contributed by atoms with Crippen molar-refractivity contribution in [3.63, 3.8) is 0 Å². The predicted molar refractivity (Wildman–Crippen MR) is 67.9 cm³/mol. The van der Waals surface area contributed by atoms with Gasteiger partial charge in [0.2, 0.25) is 0 Å². The molecule has 1 heterocycles. The van der Waals surface area contributed by atoms with Crippen LogP contribution in [0, 0.1) is 0 Å². The number of hydrogen-bond acceptors (Lipinski definition) is 4. The zero-order chi connectivity index (χ0) is 13.2. The van der Waals surface area contributed by atoms with Gasteiger partial charge in [0, 0.05) is 19.8 Å². The molecule has 18 heavy (non-hydrogen) atoms. The second kappa shape index (κ2) is 4.94. The number of carboxylic acids is 1. The van der Waals surface area contributed by atoms with E-state index in [1.165, 1.54) is 12.3 Å². The van der Waals surface area contributed by atoms with Crippen molar-refractivity contribution in [1.82, 2.24) is 4.98 Å². The molecule has 0 amide bonds. The Labute approximate surface area is 106 Å². The van der Waals surface area contributed by atoms with Crippen LogP contribution in [0.25, 0.3) is 0 Å². The van der Waals surface area contributed by atoms with Crippen molar-refractivity contribution >= 4 is 11.8 Å². The van der Waals surface area contributed by atoms with Gasteiger partial charge in [-0.3, -0.25) is 0 Å². The highest BCUT2D eigenvalue weighted by Crippen LogP contribution is 2.30. The van der Waals surface area contributed by atoms with E-state index in [1.807, 2.05) is 11.9 Å². The highest BCUT2D eigenvalue weighted by Gasteiger charge is 2.32. The van der Waals surface area contributed by atoms with Gasteiger partial charge in [-0.05, 0) is 25.0 Å². The molecule has 0 aromatic carbocycles. The first-order valence-corrected chi connectivity index (χ1v) is 6.13. The Kier molecular flexibility index (Phi) is 3.52. The van der Waals surface area contributed by atoms with Gasteiger partial charge in [0.1, 0.15) is 5.82 Å². The second-order valence-corrected chi connectivity index (χ2v) is 5.00. The highest BCUT2D eigenvalue weighted by atomic mass is 16.4. The molecular formula is C13H18N2O3. The van der Waals surface area contributed by atoms with Gasteiger partial charge in [-0.1, -0.05) is 12.8 Å². The number of rotatable bonds is 4. The fourth-order valence-corrected chi connectivity index (χ4v) is 2.45. The predicted octanol–water partition coefficient (Wildman–Crippen LogP) is 1.52. The summed E-state index contributed by atoms with van der Waals surface area (Å²) in [5.41, 5.74) is -0.450. The number of carboxylic acid groups (broad SMARTS) is 1. The Morgan fingerprint density at radius 1 is 1.44 bits per heavy atom. The first-order chi connectivity index (χ1) is 8.50. The van der Waals surface area contributed by atoms with Crippen LogP contribution in [0.5, 0.6) is 0 Å².